The van der Waals surface area contributed by atoms with Crippen LogP contribution >= 0.6 is 11.3 Å². The van der Waals surface area contributed by atoms with Gasteiger partial charge in [-0.25, -0.2) is 10.8 Å². The zero-order valence-electron chi connectivity index (χ0n) is 11.8. The highest BCUT2D eigenvalue weighted by atomic mass is 32.1. The molecule has 0 amide bonds. The van der Waals surface area contributed by atoms with Gasteiger partial charge in [-0.15, -0.1) is 11.3 Å². The van der Waals surface area contributed by atoms with Crippen molar-refractivity contribution >= 4 is 33.3 Å². The maximum absolute atomic E-state index is 5.47. The van der Waals surface area contributed by atoms with Gasteiger partial charge < -0.3 is 9.80 Å². The van der Waals surface area contributed by atoms with Crippen LogP contribution in [0.25, 0.3) is 10.2 Å². The molecule has 0 spiro atoms. The third kappa shape index (κ3) is 2.44. The molecule has 3 rings (SSSR count). The lowest BCUT2D eigenvalue weighted by atomic mass is 10.0. The molecule has 108 valence electrons. The van der Waals surface area contributed by atoms with Gasteiger partial charge in [-0.3, -0.25) is 5.43 Å². The average Bonchev–Trinajstić information content (AvgIpc) is 2.94. The van der Waals surface area contributed by atoms with Gasteiger partial charge in [-0.1, -0.05) is 0 Å². The number of piperidine rings is 1. The monoisotopic (exact) mass is 292 g/mol. The Morgan fingerprint density at radius 2 is 2.10 bits per heavy atom. The van der Waals surface area contributed by atoms with Crippen LogP contribution in [0, 0.1) is 0 Å². The largest absolute Gasteiger partial charge is 0.356 e. The maximum Gasteiger partial charge on any atom is 0.240 e. The summed E-state index contributed by atoms with van der Waals surface area (Å²) in [6, 6.07) is 2.76. The second-order valence-electron chi connectivity index (χ2n) is 5.34. The number of rotatable bonds is 3. The molecule has 0 saturated carbocycles. The summed E-state index contributed by atoms with van der Waals surface area (Å²) in [7, 11) is 4.30. The van der Waals surface area contributed by atoms with Crippen molar-refractivity contribution in [2.24, 2.45) is 5.84 Å². The second-order valence-corrected chi connectivity index (χ2v) is 6.23. The molecule has 0 aromatic carbocycles. The van der Waals surface area contributed by atoms with Crippen LogP contribution in [0.1, 0.15) is 12.8 Å². The summed E-state index contributed by atoms with van der Waals surface area (Å²) < 4.78 is 0. The number of nitrogens with zero attached hydrogens (tertiary/aromatic N) is 4. The van der Waals surface area contributed by atoms with Crippen molar-refractivity contribution < 1.29 is 0 Å². The Morgan fingerprint density at radius 1 is 1.35 bits per heavy atom. The van der Waals surface area contributed by atoms with Crippen LogP contribution in [0.4, 0.5) is 11.8 Å². The van der Waals surface area contributed by atoms with E-state index in [0.717, 1.165) is 42.0 Å². The van der Waals surface area contributed by atoms with E-state index in [2.05, 4.69) is 50.7 Å². The molecule has 3 N–H and O–H groups in total. The highest BCUT2D eigenvalue weighted by molar-refractivity contribution is 7.16. The molecule has 20 heavy (non-hydrogen) atoms. The number of nitrogens with one attached hydrogen (secondary N) is 1. The number of nitrogen functional groups attached to an aromatic ring is 1. The summed E-state index contributed by atoms with van der Waals surface area (Å²) in [6.07, 6.45) is 2.32. The van der Waals surface area contributed by atoms with Crippen LogP contribution in [0.2, 0.25) is 0 Å². The van der Waals surface area contributed by atoms with Gasteiger partial charge >= 0.3 is 0 Å². The Morgan fingerprint density at radius 3 is 2.75 bits per heavy atom. The average molecular weight is 292 g/mol. The van der Waals surface area contributed by atoms with Gasteiger partial charge in [0, 0.05) is 19.1 Å². The molecule has 7 heteroatoms. The minimum absolute atomic E-state index is 0.490. The van der Waals surface area contributed by atoms with Gasteiger partial charge in [0.1, 0.15) is 10.6 Å². The van der Waals surface area contributed by atoms with E-state index >= 15 is 0 Å². The number of nitrogens with two attached hydrogens (primary N) is 1. The fraction of sp³-hybridized carbons (Fsp3) is 0.538. The van der Waals surface area contributed by atoms with Crippen molar-refractivity contribution in [2.45, 2.75) is 18.9 Å². The van der Waals surface area contributed by atoms with Crippen LogP contribution < -0.4 is 16.2 Å². The quantitative estimate of drug-likeness (QED) is 0.660. The van der Waals surface area contributed by atoms with Gasteiger partial charge in [0.05, 0.1) is 5.39 Å². The molecule has 0 unspecified atom stereocenters. The number of hydrogen-bond donors (Lipinski definition) is 2. The minimum atomic E-state index is 0.490. The molecule has 1 aliphatic heterocycles. The number of anilines is 2. The summed E-state index contributed by atoms with van der Waals surface area (Å²) in [5, 5.41) is 3.17. The van der Waals surface area contributed by atoms with E-state index in [1.54, 1.807) is 11.3 Å². The Kier molecular flexibility index (Phi) is 3.73. The lowest BCUT2D eigenvalue weighted by Gasteiger charge is -2.36. The van der Waals surface area contributed by atoms with Crippen LogP contribution in [0.3, 0.4) is 0 Å². The SMILES string of the molecule is CN(C)C1CCN(c2nc(NN)nc3sccc23)CC1. The van der Waals surface area contributed by atoms with E-state index in [0.29, 0.717) is 12.0 Å². The number of hydrogen-bond acceptors (Lipinski definition) is 7. The Hall–Kier alpha value is -1.44. The van der Waals surface area contributed by atoms with Crippen molar-refractivity contribution in [3.8, 4) is 0 Å². The van der Waals surface area contributed by atoms with Gasteiger partial charge in [0.2, 0.25) is 5.95 Å². The third-order valence-corrected chi connectivity index (χ3v) is 4.73. The van der Waals surface area contributed by atoms with E-state index in [9.17, 15) is 0 Å². The Bertz CT molecular complexity index is 588. The first-order chi connectivity index (χ1) is 9.69. The highest BCUT2D eigenvalue weighted by Crippen LogP contribution is 2.30. The molecular formula is C13H20N6S. The highest BCUT2D eigenvalue weighted by Gasteiger charge is 2.23. The van der Waals surface area contributed by atoms with Gasteiger partial charge in [-0.05, 0) is 38.4 Å². The standard InChI is InChI=1S/C13H20N6S/c1-18(2)9-3-6-19(7-4-9)11-10-5-8-20-12(10)16-13(15-11)17-14/h5,8-9H,3-4,6-7,14H2,1-2H3,(H,15,16,17). The predicted molar refractivity (Wildman–Crippen MR) is 84.1 cm³/mol. The molecule has 0 bridgehead atoms. The summed E-state index contributed by atoms with van der Waals surface area (Å²) in [5.74, 6) is 6.97. The molecule has 2 aromatic heterocycles. The van der Waals surface area contributed by atoms with Crippen LogP contribution in [0.5, 0.6) is 0 Å². The fourth-order valence-corrected chi connectivity index (χ4v) is 3.50. The normalized spacial score (nSPS) is 17.1. The van der Waals surface area contributed by atoms with Crippen LogP contribution in [0.15, 0.2) is 11.4 Å². The van der Waals surface area contributed by atoms with Gasteiger partial charge in [-0.2, -0.15) is 4.98 Å². The summed E-state index contributed by atoms with van der Waals surface area (Å²) in [4.78, 5) is 14.6. The molecule has 1 saturated heterocycles. The van der Waals surface area contributed by atoms with Crippen molar-refractivity contribution in [3.63, 3.8) is 0 Å². The number of thiophene rings is 1. The fourth-order valence-electron chi connectivity index (χ4n) is 2.74. The zero-order valence-corrected chi connectivity index (χ0v) is 12.7. The molecular weight excluding hydrogens is 272 g/mol. The van der Waals surface area contributed by atoms with Crippen molar-refractivity contribution in [1.29, 1.82) is 0 Å². The molecule has 0 aliphatic carbocycles. The summed E-state index contributed by atoms with van der Waals surface area (Å²) in [6.45, 7) is 2.05. The van der Waals surface area contributed by atoms with Crippen LogP contribution in [-0.4, -0.2) is 48.1 Å². The van der Waals surface area contributed by atoms with Crippen molar-refractivity contribution in [2.75, 3.05) is 37.5 Å². The van der Waals surface area contributed by atoms with E-state index in [1.807, 2.05) is 0 Å². The topological polar surface area (TPSA) is 70.3 Å². The van der Waals surface area contributed by atoms with Crippen molar-refractivity contribution in [3.05, 3.63) is 11.4 Å². The molecule has 3 heterocycles. The molecule has 0 atom stereocenters. The van der Waals surface area contributed by atoms with Gasteiger partial charge in [0.15, 0.2) is 0 Å². The van der Waals surface area contributed by atoms with Crippen molar-refractivity contribution in [1.82, 2.24) is 14.9 Å². The smallest absolute Gasteiger partial charge is 0.240 e. The number of hydrazine groups is 1. The van der Waals surface area contributed by atoms with E-state index in [1.165, 1.54) is 0 Å². The Balaban J connectivity index is 1.88. The first-order valence-corrected chi connectivity index (χ1v) is 7.70. The van der Waals surface area contributed by atoms with Gasteiger partial charge in [0.25, 0.3) is 0 Å². The zero-order chi connectivity index (χ0) is 14.1. The third-order valence-electron chi connectivity index (χ3n) is 3.93. The number of fused-ring (bicyclic) bond motifs is 1. The van der Waals surface area contributed by atoms with Crippen LogP contribution in [-0.2, 0) is 0 Å². The van der Waals surface area contributed by atoms with E-state index in [4.69, 9.17) is 5.84 Å². The molecule has 0 radical (unpaired) electrons. The molecule has 1 fully saturated rings. The van der Waals surface area contributed by atoms with E-state index < -0.39 is 0 Å². The molecule has 6 nitrogen and oxygen atoms in total. The van der Waals surface area contributed by atoms with E-state index in [-0.39, 0.29) is 0 Å². The summed E-state index contributed by atoms with van der Waals surface area (Å²) in [5.41, 5.74) is 2.56. The maximum atomic E-state index is 5.47. The number of aromatic nitrogens is 2. The lowest BCUT2D eigenvalue weighted by molar-refractivity contribution is 0.249. The Labute approximate surface area is 122 Å². The molecule has 2 aromatic rings. The molecule has 1 aliphatic rings. The lowest BCUT2D eigenvalue weighted by Crippen LogP contribution is -2.42. The minimum Gasteiger partial charge on any atom is -0.356 e. The summed E-state index contributed by atoms with van der Waals surface area (Å²) >= 11 is 1.62. The predicted octanol–water partition coefficient (Wildman–Crippen LogP) is 1.51. The second kappa shape index (κ2) is 5.51. The first-order valence-electron chi connectivity index (χ1n) is 6.82. The first kappa shape index (κ1) is 13.5.